The minimum absolute atomic E-state index is 0.0300. The van der Waals surface area contributed by atoms with Crippen molar-refractivity contribution in [3.63, 3.8) is 0 Å². The molecule has 25 atom stereocenters. The molecule has 0 aromatic carbocycles. The van der Waals surface area contributed by atoms with E-state index in [0.717, 1.165) is 77.2 Å². The molecule has 29 nitrogen and oxygen atoms in total. The zero-order chi connectivity index (χ0) is 89.0. The minimum atomic E-state index is -2.18. The highest BCUT2D eigenvalue weighted by molar-refractivity contribution is 6.66. The van der Waals surface area contributed by atoms with Gasteiger partial charge >= 0.3 is 63.7 Å². The molecule has 0 amide bonds. The lowest BCUT2D eigenvalue weighted by atomic mass is 9.85. The minimum Gasteiger partial charge on any atom is -0.469 e. The topological polar surface area (TPSA) is 346 Å². The number of esters is 10. The molecule has 0 aliphatic carbocycles. The number of methoxy groups -OCH3 is 7. The molecule has 7 rings (SSSR count). The first-order valence-electron chi connectivity index (χ1n) is 42.2. The fourth-order valence-corrected chi connectivity index (χ4v) is 16.7. The van der Waals surface area contributed by atoms with E-state index < -0.39 is 98.8 Å². The van der Waals surface area contributed by atoms with Crippen LogP contribution in [-0.2, 0) is 138 Å². The van der Waals surface area contributed by atoms with Crippen molar-refractivity contribution in [1.29, 1.82) is 0 Å². The molecule has 0 aromatic heterocycles. The largest absolute Gasteiger partial charge is 0.469 e. The molecule has 0 saturated carbocycles. The van der Waals surface area contributed by atoms with E-state index in [4.69, 9.17) is 120 Å². The lowest BCUT2D eigenvalue weighted by molar-refractivity contribution is -0.205. The Bertz CT molecular complexity index is 2900. The Labute approximate surface area is 711 Å². The molecule has 680 valence electrons. The predicted molar refractivity (Wildman–Crippen MR) is 435 cm³/mol. The standard InChI is InChI=1S/C17H30O5.C15H23Cl3O5.C15H26O5.C14H24O5.C12H20O5.C12H22O4/c1-4-12-10-13(14(5-2)21-12)15(11-16(18)19-3)22-17-8-6-7-9-20-17;1-6-8-10(12(19)22-14(3,4)5)11(9(7-2)21-8)13(20)23-15(16,17)18;1-7-9-11(13(16)18-6)12(10(8-2)19-9)14(17)20-15(3,4)5;1-5-10-7-11(12(6-2)19-10)13(18-9(3)15)8-14(16)17-4;1-5-7-9(11(13)15-3)10(12(14)16-4)8(6-2)17-7;1-5-9-8(7-14-3)11(12(13)15-4)10(6-2)16-9/h12-15,17H,4-11H2,1-3H3;8-11H,6-7H2,1-5H3;9-12H,7-8H2,1-6H3;10-13H,5-8H2,1-4H3;7-10H,5-6H2,1-4H3;8-11H,5-7H2,1-4H3. The van der Waals surface area contributed by atoms with E-state index >= 15 is 0 Å². The summed E-state index contributed by atoms with van der Waals surface area (Å²) in [6.45, 7) is 37.3. The molecule has 0 aromatic rings. The molecular weight excluding hydrogens is 1590 g/mol. The summed E-state index contributed by atoms with van der Waals surface area (Å²) in [5, 5.41) is 0. The van der Waals surface area contributed by atoms with Gasteiger partial charge in [-0.1, -0.05) is 83.1 Å². The Kier molecular flexibility index (Phi) is 49.9. The summed E-state index contributed by atoms with van der Waals surface area (Å²) in [6.07, 6.45) is 12.3. The zero-order valence-electron chi connectivity index (χ0n) is 74.8. The Hall–Kier alpha value is -4.79. The van der Waals surface area contributed by atoms with Gasteiger partial charge in [0, 0.05) is 38.4 Å². The van der Waals surface area contributed by atoms with Gasteiger partial charge in [0.2, 0.25) is 0 Å². The normalized spacial score (nSPS) is 30.9. The maximum atomic E-state index is 12.6. The highest BCUT2D eigenvalue weighted by Crippen LogP contribution is 2.44. The highest BCUT2D eigenvalue weighted by atomic mass is 35.6. The van der Waals surface area contributed by atoms with Gasteiger partial charge in [-0.05, 0) is 185 Å². The average Bonchev–Trinajstić information content (AvgIpc) is 1.66. The van der Waals surface area contributed by atoms with Crippen LogP contribution in [0.1, 0.15) is 254 Å². The Morgan fingerprint density at radius 1 is 0.368 bits per heavy atom. The molecular formula is C85H145Cl3O29. The fourth-order valence-electron chi connectivity index (χ4n) is 16.4. The molecule has 7 heterocycles. The van der Waals surface area contributed by atoms with E-state index in [2.05, 4.69) is 32.4 Å². The first kappa shape index (κ1) is 108. The quantitative estimate of drug-likeness (QED) is 0.0366. The fraction of sp³-hybridized carbons (Fsp3) is 0.882. The molecule has 7 saturated heterocycles. The second kappa shape index (κ2) is 54.0. The summed E-state index contributed by atoms with van der Waals surface area (Å²) in [6, 6.07) is 0. The number of carbonyl (C=O) groups is 10. The number of ether oxygens (including phenoxy) is 19. The molecule has 25 unspecified atom stereocenters. The van der Waals surface area contributed by atoms with E-state index in [9.17, 15) is 47.9 Å². The van der Waals surface area contributed by atoms with Crippen molar-refractivity contribution in [1.82, 2.24) is 0 Å². The van der Waals surface area contributed by atoms with Crippen LogP contribution < -0.4 is 0 Å². The van der Waals surface area contributed by atoms with E-state index in [1.165, 1.54) is 49.6 Å². The Morgan fingerprint density at radius 3 is 0.957 bits per heavy atom. The van der Waals surface area contributed by atoms with Gasteiger partial charge in [-0.2, -0.15) is 0 Å². The van der Waals surface area contributed by atoms with Gasteiger partial charge in [-0.15, -0.1) is 0 Å². The lowest BCUT2D eigenvalue weighted by Crippen LogP contribution is -2.40. The molecule has 0 N–H and O–H groups in total. The summed E-state index contributed by atoms with van der Waals surface area (Å²) in [5.41, 5.74) is -1.26. The van der Waals surface area contributed by atoms with Crippen LogP contribution in [0.25, 0.3) is 0 Å². The number of alkyl halides is 3. The Morgan fingerprint density at radius 2 is 0.675 bits per heavy atom. The molecule has 0 radical (unpaired) electrons. The van der Waals surface area contributed by atoms with E-state index in [0.29, 0.717) is 45.1 Å². The number of hydrogen-bond acceptors (Lipinski definition) is 29. The van der Waals surface area contributed by atoms with E-state index in [-0.39, 0.29) is 140 Å². The number of hydrogen-bond donors (Lipinski definition) is 0. The number of halogens is 3. The molecule has 7 aliphatic heterocycles. The van der Waals surface area contributed by atoms with Crippen LogP contribution in [0, 0.1) is 59.2 Å². The van der Waals surface area contributed by atoms with Crippen LogP contribution in [0.5, 0.6) is 0 Å². The molecule has 32 heteroatoms. The van der Waals surface area contributed by atoms with Gasteiger partial charge < -0.3 is 90.0 Å². The third-order valence-electron chi connectivity index (χ3n) is 22.0. The molecule has 117 heavy (non-hydrogen) atoms. The maximum Gasteiger partial charge on any atom is 0.340 e. The second-order valence-corrected chi connectivity index (χ2v) is 34.3. The van der Waals surface area contributed by atoms with E-state index in [1.54, 1.807) is 27.9 Å². The van der Waals surface area contributed by atoms with Crippen molar-refractivity contribution >= 4 is 94.5 Å². The van der Waals surface area contributed by atoms with Crippen molar-refractivity contribution in [2.75, 3.05) is 63.0 Å². The SMILES string of the molecule is CCC1CC(C(CC(=O)OC)OC(C)=O)C(CC)O1.CCC1CC(C(CC(=O)OC)OC2CCCCO2)C(CC)O1.CCC1OC(CC)C(C(=O)OC(C)(C)C)C1C(=O)OC.CCC1OC(CC)C(C(=O)OC(Cl)(Cl)Cl)C1C(=O)OC(C)(C)C.CCC1OC(CC)C(C(=O)OC)C1C(=O)OC.CCC1OC(CC)C(C(=O)OC)C1COC. The molecule has 0 bridgehead atoms. The smallest absolute Gasteiger partial charge is 0.340 e. The molecule has 7 aliphatic rings. The first-order chi connectivity index (χ1) is 55.1. The van der Waals surface area contributed by atoms with Crippen molar-refractivity contribution in [2.45, 2.75) is 360 Å². The van der Waals surface area contributed by atoms with Gasteiger partial charge in [0.25, 0.3) is 0 Å². The van der Waals surface area contributed by atoms with Gasteiger partial charge in [-0.25, -0.2) is 0 Å². The van der Waals surface area contributed by atoms with Crippen LogP contribution >= 0.6 is 34.8 Å². The summed E-state index contributed by atoms with van der Waals surface area (Å²) in [7, 11) is 9.82. The van der Waals surface area contributed by atoms with Gasteiger partial charge in [0.15, 0.2) is 6.29 Å². The monoisotopic (exact) mass is 1730 g/mol. The predicted octanol–water partition coefficient (Wildman–Crippen LogP) is 14.2. The third-order valence-corrected chi connectivity index (χ3v) is 22.3. The van der Waals surface area contributed by atoms with Crippen LogP contribution in [0.2, 0.25) is 0 Å². The summed E-state index contributed by atoms with van der Waals surface area (Å²) in [4.78, 5) is 119. The lowest BCUT2D eigenvalue weighted by Gasteiger charge is -2.32. The van der Waals surface area contributed by atoms with Crippen LogP contribution in [0.3, 0.4) is 0 Å². The van der Waals surface area contributed by atoms with E-state index in [1.807, 2.05) is 76.2 Å². The van der Waals surface area contributed by atoms with Crippen molar-refractivity contribution < 1.29 is 138 Å². The summed E-state index contributed by atoms with van der Waals surface area (Å²) in [5.74, 6) is -7.68. The second-order valence-electron chi connectivity index (χ2n) is 32.1. The first-order valence-corrected chi connectivity index (χ1v) is 43.3. The van der Waals surface area contributed by atoms with Gasteiger partial charge in [0.05, 0.1) is 183 Å². The highest BCUT2D eigenvalue weighted by Gasteiger charge is 2.56. The van der Waals surface area contributed by atoms with Crippen LogP contribution in [0.15, 0.2) is 0 Å². The molecule has 0 spiro atoms. The van der Waals surface area contributed by atoms with Crippen molar-refractivity contribution in [3.05, 3.63) is 0 Å². The Balaban J connectivity index is 0.000000478. The molecule has 7 fully saturated rings. The number of rotatable bonds is 30. The van der Waals surface area contributed by atoms with Crippen LogP contribution in [0.4, 0.5) is 0 Å². The van der Waals surface area contributed by atoms with Crippen LogP contribution in [-0.4, -0.2) is 230 Å². The average molecular weight is 1740 g/mol. The third kappa shape index (κ3) is 34.1. The van der Waals surface area contributed by atoms with Crippen molar-refractivity contribution in [3.8, 4) is 0 Å². The summed E-state index contributed by atoms with van der Waals surface area (Å²) >= 11 is 16.6. The maximum absolute atomic E-state index is 12.6. The number of carbonyl (C=O) groups excluding carboxylic acids is 10. The van der Waals surface area contributed by atoms with Crippen molar-refractivity contribution in [2.24, 2.45) is 59.2 Å². The van der Waals surface area contributed by atoms with Gasteiger partial charge in [0.1, 0.15) is 17.3 Å². The van der Waals surface area contributed by atoms with Gasteiger partial charge in [-0.3, -0.25) is 47.9 Å². The zero-order valence-corrected chi connectivity index (χ0v) is 77.0. The summed E-state index contributed by atoms with van der Waals surface area (Å²) < 4.78 is 99.9.